The highest BCUT2D eigenvalue weighted by atomic mass is 16.5. The summed E-state index contributed by atoms with van der Waals surface area (Å²) < 4.78 is 21.8. The van der Waals surface area contributed by atoms with Crippen LogP contribution in [0.1, 0.15) is 23.2 Å². The lowest BCUT2D eigenvalue weighted by atomic mass is 10.2. The number of aromatic nitrogens is 2. The number of methoxy groups -OCH3 is 1. The average molecular weight is 354 g/mol. The van der Waals surface area contributed by atoms with Crippen LogP contribution < -0.4 is 14.2 Å². The Labute approximate surface area is 150 Å². The Morgan fingerprint density at radius 1 is 1.08 bits per heavy atom. The van der Waals surface area contributed by atoms with Gasteiger partial charge in [0.2, 0.25) is 5.82 Å². The fourth-order valence-corrected chi connectivity index (χ4v) is 2.38. The minimum atomic E-state index is 0.0721. The van der Waals surface area contributed by atoms with Crippen LogP contribution in [0.25, 0.3) is 11.4 Å². The van der Waals surface area contributed by atoms with Crippen molar-refractivity contribution in [2.24, 2.45) is 0 Å². The average Bonchev–Trinajstić information content (AvgIpc) is 3.16. The molecule has 1 heterocycles. The Hall–Kier alpha value is -3.35. The summed E-state index contributed by atoms with van der Waals surface area (Å²) in [6.07, 6.45) is 0.754. The molecule has 0 aliphatic rings. The van der Waals surface area contributed by atoms with E-state index in [0.29, 0.717) is 41.1 Å². The Morgan fingerprint density at radius 3 is 2.69 bits per heavy atom. The quantitative estimate of drug-likeness (QED) is 0.572. The summed E-state index contributed by atoms with van der Waals surface area (Å²) in [6.45, 7) is 2.38. The molecule has 3 aromatic rings. The van der Waals surface area contributed by atoms with E-state index in [4.69, 9.17) is 18.7 Å². The molecule has 0 radical (unpaired) electrons. The molecule has 26 heavy (non-hydrogen) atoms. The van der Waals surface area contributed by atoms with Gasteiger partial charge in [0, 0.05) is 5.56 Å². The molecular formula is C19H18N2O5. The third-order valence-electron chi connectivity index (χ3n) is 3.57. The number of hydrogen-bond donors (Lipinski definition) is 0. The van der Waals surface area contributed by atoms with Crippen molar-refractivity contribution in [1.82, 2.24) is 10.1 Å². The normalized spacial score (nSPS) is 10.4. The standard InChI is InChI=1S/C19H18N2O5/c1-3-24-17-10-13(11-22)8-9-16(17)25-12-18-20-19(21-26-18)14-6-4-5-7-15(14)23-2/h4-11H,3,12H2,1-2H3. The molecule has 0 N–H and O–H groups in total. The van der Waals surface area contributed by atoms with E-state index in [1.165, 1.54) is 0 Å². The lowest BCUT2D eigenvalue weighted by Gasteiger charge is -2.10. The van der Waals surface area contributed by atoms with Crippen molar-refractivity contribution < 1.29 is 23.5 Å². The molecule has 1 aromatic heterocycles. The van der Waals surface area contributed by atoms with E-state index < -0.39 is 0 Å². The molecule has 0 aliphatic heterocycles. The summed E-state index contributed by atoms with van der Waals surface area (Å²) in [5, 5.41) is 3.97. The van der Waals surface area contributed by atoms with Crippen LogP contribution in [-0.2, 0) is 6.61 Å². The van der Waals surface area contributed by atoms with Crippen molar-refractivity contribution in [2.45, 2.75) is 13.5 Å². The van der Waals surface area contributed by atoms with Crippen molar-refractivity contribution >= 4 is 6.29 Å². The van der Waals surface area contributed by atoms with E-state index >= 15 is 0 Å². The lowest BCUT2D eigenvalue weighted by molar-refractivity contribution is 0.112. The number of carbonyl (C=O) groups excluding carboxylic acids is 1. The largest absolute Gasteiger partial charge is 0.496 e. The molecule has 0 spiro atoms. The summed E-state index contributed by atoms with van der Waals surface area (Å²) in [7, 11) is 1.58. The highest BCUT2D eigenvalue weighted by Crippen LogP contribution is 2.30. The zero-order valence-corrected chi connectivity index (χ0v) is 14.5. The fourth-order valence-electron chi connectivity index (χ4n) is 2.38. The maximum absolute atomic E-state index is 10.9. The molecule has 3 rings (SSSR count). The molecule has 0 amide bonds. The number of carbonyl (C=O) groups is 1. The second kappa shape index (κ2) is 8.15. The van der Waals surface area contributed by atoms with Gasteiger partial charge in [0.05, 0.1) is 19.3 Å². The lowest BCUT2D eigenvalue weighted by Crippen LogP contribution is -2.00. The number of ether oxygens (including phenoxy) is 3. The minimum Gasteiger partial charge on any atom is -0.496 e. The molecular weight excluding hydrogens is 336 g/mol. The molecule has 0 fully saturated rings. The van der Waals surface area contributed by atoms with Gasteiger partial charge >= 0.3 is 0 Å². The highest BCUT2D eigenvalue weighted by molar-refractivity contribution is 5.76. The van der Waals surface area contributed by atoms with E-state index in [1.54, 1.807) is 25.3 Å². The van der Waals surface area contributed by atoms with Crippen LogP contribution in [0.2, 0.25) is 0 Å². The van der Waals surface area contributed by atoms with Gasteiger partial charge in [0.15, 0.2) is 18.1 Å². The first-order valence-corrected chi connectivity index (χ1v) is 8.06. The Balaban J connectivity index is 1.75. The molecule has 0 unspecified atom stereocenters. The van der Waals surface area contributed by atoms with Gasteiger partial charge in [-0.15, -0.1) is 0 Å². The van der Waals surface area contributed by atoms with E-state index in [1.807, 2.05) is 31.2 Å². The molecule has 2 aromatic carbocycles. The Kier molecular flexibility index (Phi) is 5.48. The van der Waals surface area contributed by atoms with Crippen LogP contribution >= 0.6 is 0 Å². The number of rotatable bonds is 8. The summed E-state index contributed by atoms with van der Waals surface area (Å²) in [5.41, 5.74) is 1.24. The summed E-state index contributed by atoms with van der Waals surface area (Å²) in [4.78, 5) is 15.2. The van der Waals surface area contributed by atoms with Crippen LogP contribution in [0, 0.1) is 0 Å². The third kappa shape index (κ3) is 3.83. The van der Waals surface area contributed by atoms with E-state index in [2.05, 4.69) is 10.1 Å². The predicted molar refractivity (Wildman–Crippen MR) is 93.6 cm³/mol. The number of aldehydes is 1. The van der Waals surface area contributed by atoms with Gasteiger partial charge in [-0.05, 0) is 37.3 Å². The van der Waals surface area contributed by atoms with Gasteiger partial charge in [-0.2, -0.15) is 4.98 Å². The molecule has 7 nitrogen and oxygen atoms in total. The number of benzene rings is 2. The summed E-state index contributed by atoms with van der Waals surface area (Å²) in [6, 6.07) is 12.4. The van der Waals surface area contributed by atoms with Gasteiger partial charge in [0.1, 0.15) is 12.0 Å². The topological polar surface area (TPSA) is 83.7 Å². The van der Waals surface area contributed by atoms with Gasteiger partial charge in [-0.3, -0.25) is 4.79 Å². The monoisotopic (exact) mass is 354 g/mol. The molecule has 0 atom stereocenters. The maximum atomic E-state index is 10.9. The second-order valence-electron chi connectivity index (χ2n) is 5.26. The first-order chi connectivity index (χ1) is 12.7. The van der Waals surface area contributed by atoms with E-state index in [9.17, 15) is 4.79 Å². The van der Waals surface area contributed by atoms with E-state index in [0.717, 1.165) is 11.8 Å². The molecule has 7 heteroatoms. The SMILES string of the molecule is CCOc1cc(C=O)ccc1OCc1nc(-c2ccccc2OC)no1. The van der Waals surface area contributed by atoms with Crippen molar-refractivity contribution in [1.29, 1.82) is 0 Å². The number of hydrogen-bond acceptors (Lipinski definition) is 7. The summed E-state index contributed by atoms with van der Waals surface area (Å²) in [5.74, 6) is 2.37. The zero-order valence-electron chi connectivity index (χ0n) is 14.5. The van der Waals surface area contributed by atoms with Crippen LogP contribution in [0.5, 0.6) is 17.2 Å². The van der Waals surface area contributed by atoms with Crippen LogP contribution in [0.15, 0.2) is 47.0 Å². The third-order valence-corrected chi connectivity index (χ3v) is 3.57. The zero-order chi connectivity index (χ0) is 18.4. The van der Waals surface area contributed by atoms with Crippen molar-refractivity contribution in [2.75, 3.05) is 13.7 Å². The smallest absolute Gasteiger partial charge is 0.264 e. The Morgan fingerprint density at radius 2 is 1.92 bits per heavy atom. The molecule has 0 saturated carbocycles. The maximum Gasteiger partial charge on any atom is 0.264 e. The summed E-state index contributed by atoms with van der Waals surface area (Å²) >= 11 is 0. The fraction of sp³-hybridized carbons (Fsp3) is 0.211. The van der Waals surface area contributed by atoms with Gasteiger partial charge in [-0.1, -0.05) is 17.3 Å². The van der Waals surface area contributed by atoms with Crippen LogP contribution in [-0.4, -0.2) is 30.1 Å². The number of para-hydroxylation sites is 1. The van der Waals surface area contributed by atoms with Crippen LogP contribution in [0.4, 0.5) is 0 Å². The molecule has 134 valence electrons. The van der Waals surface area contributed by atoms with Gasteiger partial charge in [0.25, 0.3) is 5.89 Å². The van der Waals surface area contributed by atoms with Crippen molar-refractivity contribution in [3.63, 3.8) is 0 Å². The minimum absolute atomic E-state index is 0.0721. The molecule has 0 aliphatic carbocycles. The van der Waals surface area contributed by atoms with Crippen molar-refractivity contribution in [3.8, 4) is 28.6 Å². The first kappa shape index (κ1) is 17.5. The van der Waals surface area contributed by atoms with Gasteiger partial charge < -0.3 is 18.7 Å². The van der Waals surface area contributed by atoms with Crippen LogP contribution in [0.3, 0.4) is 0 Å². The van der Waals surface area contributed by atoms with Crippen molar-refractivity contribution in [3.05, 3.63) is 53.9 Å². The second-order valence-corrected chi connectivity index (χ2v) is 5.26. The van der Waals surface area contributed by atoms with Gasteiger partial charge in [-0.25, -0.2) is 0 Å². The molecule has 0 saturated heterocycles. The molecule has 0 bridgehead atoms. The first-order valence-electron chi connectivity index (χ1n) is 8.06. The highest BCUT2D eigenvalue weighted by Gasteiger charge is 2.14. The van der Waals surface area contributed by atoms with E-state index in [-0.39, 0.29) is 6.61 Å². The predicted octanol–water partition coefficient (Wildman–Crippen LogP) is 3.54. The number of nitrogens with zero attached hydrogens (tertiary/aromatic N) is 2. The Bertz CT molecular complexity index is 891.